The van der Waals surface area contributed by atoms with E-state index in [4.69, 9.17) is 18.3 Å². The monoisotopic (exact) mass is 514 g/mol. The van der Waals surface area contributed by atoms with Crippen LogP contribution in [0.5, 0.6) is 0 Å². The van der Waals surface area contributed by atoms with Crippen LogP contribution in [0, 0.1) is 5.41 Å². The van der Waals surface area contributed by atoms with Gasteiger partial charge in [-0.3, -0.25) is 4.79 Å². The largest absolute Gasteiger partial charge is 0.465 e. The van der Waals surface area contributed by atoms with Gasteiger partial charge >= 0.3 is 5.97 Å². The number of hydrogen-bond donors (Lipinski definition) is 0. The molecule has 1 aliphatic rings. The van der Waals surface area contributed by atoms with Crippen molar-refractivity contribution >= 4 is 22.6 Å². The molecule has 0 aromatic heterocycles. The molecule has 0 bridgehead atoms. The van der Waals surface area contributed by atoms with Gasteiger partial charge in [0.05, 0.1) is 36.4 Å². The predicted molar refractivity (Wildman–Crippen MR) is 147 cm³/mol. The number of carbonyl (C=O) groups excluding carboxylic acids is 1. The molecule has 0 radical (unpaired) electrons. The Hall–Kier alpha value is -0.476. The van der Waals surface area contributed by atoms with E-state index in [9.17, 15) is 4.79 Å². The Labute approximate surface area is 212 Å². The minimum atomic E-state index is -2.07. The van der Waals surface area contributed by atoms with E-state index in [1.54, 1.807) is 0 Å². The molecule has 1 fully saturated rings. The summed E-state index contributed by atoms with van der Waals surface area (Å²) in [4.78, 5) is 12.2. The van der Waals surface area contributed by atoms with E-state index < -0.39 is 22.0 Å². The molecule has 0 saturated carbocycles. The molecule has 0 aromatic carbocycles. The van der Waals surface area contributed by atoms with Crippen molar-refractivity contribution in [1.29, 1.82) is 0 Å². The Morgan fingerprint density at radius 2 is 1.29 bits per heavy atom. The van der Waals surface area contributed by atoms with Crippen molar-refractivity contribution in [1.82, 2.24) is 0 Å². The highest BCUT2D eigenvalue weighted by atomic mass is 28.4. The summed E-state index contributed by atoms with van der Waals surface area (Å²) in [5.74, 6) is -0.169. The summed E-state index contributed by atoms with van der Waals surface area (Å²) in [5.41, 5.74) is -0.491. The average molecular weight is 515 g/mol. The lowest BCUT2D eigenvalue weighted by molar-refractivity contribution is -0.153. The molecule has 34 heavy (non-hydrogen) atoms. The number of carbonyl (C=O) groups is 1. The van der Waals surface area contributed by atoms with E-state index in [0.29, 0.717) is 6.61 Å². The van der Waals surface area contributed by atoms with Crippen LogP contribution in [0.25, 0.3) is 0 Å². The fourth-order valence-corrected chi connectivity index (χ4v) is 6.01. The highest BCUT2D eigenvalue weighted by Crippen LogP contribution is 2.44. The van der Waals surface area contributed by atoms with Crippen LogP contribution >= 0.6 is 0 Å². The van der Waals surface area contributed by atoms with Crippen molar-refractivity contribution in [3.8, 4) is 0 Å². The van der Waals surface area contributed by atoms with Gasteiger partial charge in [0.25, 0.3) is 0 Å². The van der Waals surface area contributed by atoms with Crippen LogP contribution < -0.4 is 0 Å². The molecule has 1 heterocycles. The smallest absolute Gasteiger partial charge is 0.311 e. The Morgan fingerprint density at radius 3 is 1.68 bits per heavy atom. The highest BCUT2D eigenvalue weighted by molar-refractivity contribution is 6.74. The van der Waals surface area contributed by atoms with Crippen LogP contribution in [0.2, 0.25) is 36.3 Å². The number of hydrogen-bond acceptors (Lipinski definition) is 5. The number of rotatable bonds is 10. The second kappa shape index (κ2) is 11.3. The van der Waals surface area contributed by atoms with Crippen molar-refractivity contribution in [2.24, 2.45) is 5.41 Å². The van der Waals surface area contributed by atoms with E-state index >= 15 is 0 Å². The van der Waals surface area contributed by atoms with Gasteiger partial charge in [-0.2, -0.15) is 0 Å². The first kappa shape index (κ1) is 31.6. The fraction of sp³-hybridized carbons (Fsp3) is 0.889. The first-order valence-electron chi connectivity index (χ1n) is 12.9. The second-order valence-electron chi connectivity index (χ2n) is 14.0. The highest BCUT2D eigenvalue weighted by Gasteiger charge is 2.52. The molecule has 1 saturated heterocycles. The van der Waals surface area contributed by atoms with Gasteiger partial charge in [-0.05, 0) is 76.3 Å². The molecule has 0 N–H and O–H groups in total. The Kier molecular flexibility index (Phi) is 10.5. The van der Waals surface area contributed by atoms with Crippen LogP contribution in [0.3, 0.4) is 0 Å². The topological polar surface area (TPSA) is 54.0 Å². The summed E-state index contributed by atoms with van der Waals surface area (Å²) in [6.07, 6.45) is 3.70. The standard InChI is InChI=1S/C27H54O5Si2/c1-15-17-20-22(31-33(11,12)26(5,6)7)23(32-34(13,14)27(8,9)10)21(30-20)18-16-19-29-24(28)25(2,3)4/h15,20-23H,1,16-19H2,2-14H3/t20-,21+,22-,23-/m1/s1. The molecule has 0 spiro atoms. The maximum Gasteiger partial charge on any atom is 0.311 e. The summed E-state index contributed by atoms with van der Waals surface area (Å²) < 4.78 is 26.1. The van der Waals surface area contributed by atoms with Crippen molar-refractivity contribution < 1.29 is 23.1 Å². The number of ether oxygens (including phenoxy) is 2. The third kappa shape index (κ3) is 8.29. The van der Waals surface area contributed by atoms with Crippen molar-refractivity contribution in [3.63, 3.8) is 0 Å². The summed E-state index contributed by atoms with van der Waals surface area (Å²) >= 11 is 0. The molecule has 0 aromatic rings. The molecule has 200 valence electrons. The number of esters is 1. The van der Waals surface area contributed by atoms with E-state index in [0.717, 1.165) is 19.3 Å². The van der Waals surface area contributed by atoms with Crippen molar-refractivity contribution in [3.05, 3.63) is 12.7 Å². The van der Waals surface area contributed by atoms with Gasteiger partial charge < -0.3 is 18.3 Å². The Balaban J connectivity index is 3.16. The lowest BCUT2D eigenvalue weighted by Crippen LogP contribution is -2.54. The third-order valence-corrected chi connectivity index (χ3v) is 16.7. The third-order valence-electron chi connectivity index (χ3n) is 7.76. The molecular formula is C27H54O5Si2. The minimum absolute atomic E-state index is 0.0801. The van der Waals surface area contributed by atoms with Crippen LogP contribution in [0.4, 0.5) is 0 Å². The van der Waals surface area contributed by atoms with Gasteiger partial charge in [0.1, 0.15) is 0 Å². The molecule has 0 amide bonds. The zero-order valence-corrected chi connectivity index (χ0v) is 26.5. The molecule has 0 unspecified atom stereocenters. The maximum atomic E-state index is 12.2. The summed E-state index contributed by atoms with van der Waals surface area (Å²) in [6.45, 7) is 32.8. The van der Waals surface area contributed by atoms with Gasteiger partial charge in [-0.25, -0.2) is 0 Å². The fourth-order valence-electron chi connectivity index (χ4n) is 3.37. The normalized spacial score (nSPS) is 24.9. The zero-order chi connectivity index (χ0) is 26.8. The van der Waals surface area contributed by atoms with Gasteiger partial charge in [-0.1, -0.05) is 47.6 Å². The molecule has 1 aliphatic heterocycles. The Morgan fingerprint density at radius 1 is 0.853 bits per heavy atom. The lowest BCUT2D eigenvalue weighted by atomic mass is 9.97. The molecule has 1 rings (SSSR count). The van der Waals surface area contributed by atoms with E-state index in [1.165, 1.54) is 0 Å². The maximum absolute atomic E-state index is 12.2. The van der Waals surface area contributed by atoms with Crippen LogP contribution in [-0.4, -0.2) is 53.6 Å². The van der Waals surface area contributed by atoms with Gasteiger partial charge in [0, 0.05) is 0 Å². The summed E-state index contributed by atoms with van der Waals surface area (Å²) in [6, 6.07) is 0. The summed E-state index contributed by atoms with van der Waals surface area (Å²) in [7, 11) is -4.13. The van der Waals surface area contributed by atoms with E-state index in [2.05, 4.69) is 74.3 Å². The van der Waals surface area contributed by atoms with Crippen molar-refractivity contribution in [2.75, 3.05) is 6.61 Å². The zero-order valence-electron chi connectivity index (χ0n) is 24.5. The first-order valence-corrected chi connectivity index (χ1v) is 18.7. The average Bonchev–Trinajstić information content (AvgIpc) is 2.92. The minimum Gasteiger partial charge on any atom is -0.465 e. The quantitative estimate of drug-likeness (QED) is 0.131. The SMILES string of the molecule is C=CC[C@H]1O[C@@H](CCCOC(=O)C(C)(C)C)[C@@H](O[Si](C)(C)C(C)(C)C)[C@@H]1O[Si](C)(C)C(C)(C)C. The summed E-state index contributed by atoms with van der Waals surface area (Å²) in [5, 5.41) is 0.171. The van der Waals surface area contributed by atoms with Crippen molar-refractivity contribution in [2.45, 2.75) is 142 Å². The van der Waals surface area contributed by atoms with Crippen LogP contribution in [0.1, 0.15) is 81.6 Å². The predicted octanol–water partition coefficient (Wildman–Crippen LogP) is 7.48. The molecule has 0 aliphatic carbocycles. The van der Waals surface area contributed by atoms with Gasteiger partial charge in [0.15, 0.2) is 16.6 Å². The molecule has 4 atom stereocenters. The molecule has 5 nitrogen and oxygen atoms in total. The van der Waals surface area contributed by atoms with Crippen LogP contribution in [0.15, 0.2) is 12.7 Å². The van der Waals surface area contributed by atoms with E-state index in [-0.39, 0.29) is 40.5 Å². The van der Waals surface area contributed by atoms with Gasteiger partial charge in [-0.15, -0.1) is 6.58 Å². The van der Waals surface area contributed by atoms with Crippen LogP contribution in [-0.2, 0) is 23.1 Å². The second-order valence-corrected chi connectivity index (χ2v) is 23.5. The van der Waals surface area contributed by atoms with E-state index in [1.807, 2.05) is 26.8 Å². The van der Waals surface area contributed by atoms with Gasteiger partial charge in [0.2, 0.25) is 0 Å². The Bertz CT molecular complexity index is 683. The molecule has 7 heteroatoms. The lowest BCUT2D eigenvalue weighted by Gasteiger charge is -2.44. The first-order chi connectivity index (χ1) is 15.1. The molecular weight excluding hydrogens is 460 g/mol.